The van der Waals surface area contributed by atoms with E-state index < -0.39 is 0 Å². The number of nitrogens with one attached hydrogen (secondary N) is 1. The van der Waals surface area contributed by atoms with Crippen LogP contribution in [0.15, 0.2) is 18.2 Å². The molecule has 2 heterocycles. The Bertz CT molecular complexity index is 509. The minimum absolute atomic E-state index is 0.0927. The number of amides is 2. The third kappa shape index (κ3) is 3.62. The average Bonchev–Trinajstić information content (AvgIpc) is 2.85. The van der Waals surface area contributed by atoms with Gasteiger partial charge in [0, 0.05) is 48.8 Å². The van der Waals surface area contributed by atoms with Crippen molar-refractivity contribution in [2.75, 3.05) is 26.2 Å². The molecule has 1 aromatic carbocycles. The lowest BCUT2D eigenvalue weighted by atomic mass is 10.0. The number of piperidine rings is 1. The molecule has 4 nitrogen and oxygen atoms in total. The van der Waals surface area contributed by atoms with Gasteiger partial charge in [-0.2, -0.15) is 0 Å². The van der Waals surface area contributed by atoms with E-state index >= 15 is 0 Å². The summed E-state index contributed by atoms with van der Waals surface area (Å²) in [4.78, 5) is 16.1. The summed E-state index contributed by atoms with van der Waals surface area (Å²) in [6.07, 6.45) is 2.06. The van der Waals surface area contributed by atoms with Crippen LogP contribution in [0.2, 0.25) is 10.0 Å². The second-order valence-corrected chi connectivity index (χ2v) is 6.58. The Balaban J connectivity index is 1.55. The van der Waals surface area contributed by atoms with Crippen molar-refractivity contribution in [1.82, 2.24) is 15.1 Å². The second-order valence-electron chi connectivity index (χ2n) is 5.71. The Hall–Kier alpha value is -0.970. The number of carbonyl (C=O) groups excluding carboxylic acids is 1. The lowest BCUT2D eigenvalue weighted by molar-refractivity contribution is 0.132. The number of nitrogens with zero attached hydrogens (tertiary/aromatic N) is 2. The first-order valence-electron chi connectivity index (χ1n) is 7.33. The smallest absolute Gasteiger partial charge is 0.317 e. The SMILES string of the molecule is O=C1NCCN1C1CCN(Cc2cc(Cl)cc(Cl)c2)CC1. The summed E-state index contributed by atoms with van der Waals surface area (Å²) in [7, 11) is 0. The summed E-state index contributed by atoms with van der Waals surface area (Å²) in [6.45, 7) is 4.48. The Kier molecular flexibility index (Phi) is 4.57. The van der Waals surface area contributed by atoms with Gasteiger partial charge in [-0.25, -0.2) is 4.79 Å². The second kappa shape index (κ2) is 6.42. The van der Waals surface area contributed by atoms with Gasteiger partial charge in [-0.1, -0.05) is 23.2 Å². The molecular formula is C15H19Cl2N3O. The van der Waals surface area contributed by atoms with E-state index in [-0.39, 0.29) is 6.03 Å². The number of urea groups is 1. The highest BCUT2D eigenvalue weighted by Crippen LogP contribution is 2.23. The van der Waals surface area contributed by atoms with E-state index in [0.717, 1.165) is 51.1 Å². The van der Waals surface area contributed by atoms with Gasteiger partial charge in [0.05, 0.1) is 0 Å². The van der Waals surface area contributed by atoms with E-state index in [9.17, 15) is 4.79 Å². The molecule has 2 fully saturated rings. The van der Waals surface area contributed by atoms with Gasteiger partial charge in [0.25, 0.3) is 0 Å². The van der Waals surface area contributed by atoms with Gasteiger partial charge in [0.1, 0.15) is 0 Å². The van der Waals surface area contributed by atoms with Crippen LogP contribution in [-0.2, 0) is 6.54 Å². The van der Waals surface area contributed by atoms with Gasteiger partial charge in [0.2, 0.25) is 0 Å². The van der Waals surface area contributed by atoms with Crippen molar-refractivity contribution in [3.05, 3.63) is 33.8 Å². The normalized spacial score (nSPS) is 20.9. The molecule has 2 amide bonds. The van der Waals surface area contributed by atoms with Crippen LogP contribution in [-0.4, -0.2) is 48.1 Å². The van der Waals surface area contributed by atoms with E-state index in [1.165, 1.54) is 0 Å². The zero-order chi connectivity index (χ0) is 14.8. The molecule has 6 heteroatoms. The first-order chi connectivity index (χ1) is 10.1. The van der Waals surface area contributed by atoms with Crippen LogP contribution in [0.3, 0.4) is 0 Å². The van der Waals surface area contributed by atoms with Crippen LogP contribution < -0.4 is 5.32 Å². The first-order valence-corrected chi connectivity index (χ1v) is 8.09. The molecule has 0 bridgehead atoms. The van der Waals surface area contributed by atoms with Crippen molar-refractivity contribution in [2.24, 2.45) is 0 Å². The quantitative estimate of drug-likeness (QED) is 0.926. The fourth-order valence-corrected chi connectivity index (χ4v) is 3.76. The van der Waals surface area contributed by atoms with Gasteiger partial charge in [-0.15, -0.1) is 0 Å². The van der Waals surface area contributed by atoms with E-state index in [1.54, 1.807) is 6.07 Å². The lowest BCUT2D eigenvalue weighted by Gasteiger charge is -2.36. The van der Waals surface area contributed by atoms with Crippen molar-refractivity contribution >= 4 is 29.2 Å². The number of carbonyl (C=O) groups is 1. The molecule has 3 rings (SSSR count). The van der Waals surface area contributed by atoms with Gasteiger partial charge in [-0.05, 0) is 36.6 Å². The standard InChI is InChI=1S/C15H19Cl2N3O/c16-12-7-11(8-13(17)9-12)10-19-4-1-14(2-5-19)20-6-3-18-15(20)21/h7-9,14H,1-6,10H2,(H,18,21). The minimum atomic E-state index is 0.0927. The first kappa shape index (κ1) is 14.9. The molecule has 0 saturated carbocycles. The highest BCUT2D eigenvalue weighted by atomic mass is 35.5. The topological polar surface area (TPSA) is 35.6 Å². The van der Waals surface area contributed by atoms with E-state index in [4.69, 9.17) is 23.2 Å². The summed E-state index contributed by atoms with van der Waals surface area (Å²) < 4.78 is 0. The van der Waals surface area contributed by atoms with Crippen molar-refractivity contribution < 1.29 is 4.79 Å². The number of hydrogen-bond acceptors (Lipinski definition) is 2. The van der Waals surface area contributed by atoms with Gasteiger partial charge in [0.15, 0.2) is 0 Å². The molecule has 1 N–H and O–H groups in total. The minimum Gasteiger partial charge on any atom is -0.336 e. The molecule has 0 unspecified atom stereocenters. The predicted molar refractivity (Wildman–Crippen MR) is 84.9 cm³/mol. The number of rotatable bonds is 3. The molecule has 0 radical (unpaired) electrons. The molecule has 2 aliphatic heterocycles. The summed E-state index contributed by atoms with van der Waals surface area (Å²) in [5.41, 5.74) is 1.14. The molecule has 0 aromatic heterocycles. The molecular weight excluding hydrogens is 309 g/mol. The summed E-state index contributed by atoms with van der Waals surface area (Å²) in [5, 5.41) is 4.24. The van der Waals surface area contributed by atoms with Crippen molar-refractivity contribution in [3.8, 4) is 0 Å². The lowest BCUT2D eigenvalue weighted by Crippen LogP contribution is -2.45. The van der Waals surface area contributed by atoms with Crippen LogP contribution in [0.25, 0.3) is 0 Å². The van der Waals surface area contributed by atoms with Gasteiger partial charge < -0.3 is 10.2 Å². The fourth-order valence-electron chi connectivity index (χ4n) is 3.18. The van der Waals surface area contributed by atoms with Crippen LogP contribution in [0.4, 0.5) is 4.79 Å². The van der Waals surface area contributed by atoms with Crippen LogP contribution in [0, 0.1) is 0 Å². The van der Waals surface area contributed by atoms with Crippen molar-refractivity contribution in [3.63, 3.8) is 0 Å². The molecule has 2 aliphatic rings. The third-order valence-electron chi connectivity index (χ3n) is 4.22. The van der Waals surface area contributed by atoms with Gasteiger partial charge >= 0.3 is 6.03 Å². The van der Waals surface area contributed by atoms with Gasteiger partial charge in [-0.3, -0.25) is 4.90 Å². The molecule has 1 aromatic rings. The Labute approximate surface area is 135 Å². The maximum atomic E-state index is 11.7. The van der Waals surface area contributed by atoms with Crippen LogP contribution in [0.1, 0.15) is 18.4 Å². The monoisotopic (exact) mass is 327 g/mol. The molecule has 0 aliphatic carbocycles. The molecule has 21 heavy (non-hydrogen) atoms. The largest absolute Gasteiger partial charge is 0.336 e. The van der Waals surface area contributed by atoms with Crippen molar-refractivity contribution in [2.45, 2.75) is 25.4 Å². The maximum absolute atomic E-state index is 11.7. The van der Waals surface area contributed by atoms with E-state index in [1.807, 2.05) is 17.0 Å². The summed E-state index contributed by atoms with van der Waals surface area (Å²) >= 11 is 12.1. The number of benzene rings is 1. The molecule has 2 saturated heterocycles. The van der Waals surface area contributed by atoms with E-state index in [0.29, 0.717) is 16.1 Å². The highest BCUT2D eigenvalue weighted by Gasteiger charge is 2.30. The van der Waals surface area contributed by atoms with Crippen molar-refractivity contribution in [1.29, 1.82) is 0 Å². The number of halogens is 2. The van der Waals surface area contributed by atoms with Crippen LogP contribution >= 0.6 is 23.2 Å². The number of hydrogen-bond donors (Lipinski definition) is 1. The Morgan fingerprint density at radius 1 is 1.10 bits per heavy atom. The summed E-state index contributed by atoms with van der Waals surface area (Å²) in [6, 6.07) is 6.16. The van der Waals surface area contributed by atoms with Crippen LogP contribution in [0.5, 0.6) is 0 Å². The zero-order valence-corrected chi connectivity index (χ0v) is 13.3. The predicted octanol–water partition coefficient (Wildman–Crippen LogP) is 2.98. The Morgan fingerprint density at radius 2 is 1.76 bits per heavy atom. The Morgan fingerprint density at radius 3 is 2.33 bits per heavy atom. The fraction of sp³-hybridized carbons (Fsp3) is 0.533. The average molecular weight is 328 g/mol. The number of likely N-dealkylation sites (tertiary alicyclic amines) is 1. The summed E-state index contributed by atoms with van der Waals surface area (Å²) in [5.74, 6) is 0. The van der Waals surface area contributed by atoms with E-state index in [2.05, 4.69) is 10.2 Å². The maximum Gasteiger partial charge on any atom is 0.317 e. The third-order valence-corrected chi connectivity index (χ3v) is 4.65. The molecule has 0 spiro atoms. The molecule has 0 atom stereocenters. The molecule has 114 valence electrons. The highest BCUT2D eigenvalue weighted by molar-refractivity contribution is 6.34. The zero-order valence-electron chi connectivity index (χ0n) is 11.8.